The van der Waals surface area contributed by atoms with Gasteiger partial charge in [-0.15, -0.1) is 0 Å². The van der Waals surface area contributed by atoms with E-state index in [1.165, 1.54) is 0 Å². The lowest BCUT2D eigenvalue weighted by atomic mass is 9.79. The molecule has 24 heavy (non-hydrogen) atoms. The highest BCUT2D eigenvalue weighted by molar-refractivity contribution is 5.86. The van der Waals surface area contributed by atoms with E-state index in [4.69, 9.17) is 0 Å². The predicted molar refractivity (Wildman–Crippen MR) is 95.5 cm³/mol. The summed E-state index contributed by atoms with van der Waals surface area (Å²) in [6.07, 6.45) is 5.18. The maximum Gasteiger partial charge on any atom is 0.259 e. The van der Waals surface area contributed by atoms with E-state index in [0.29, 0.717) is 5.92 Å². The highest BCUT2D eigenvalue weighted by Gasteiger charge is 2.47. The molecule has 1 saturated heterocycles. The second-order valence-electron chi connectivity index (χ2n) is 7.72. The van der Waals surface area contributed by atoms with Gasteiger partial charge in [0.15, 0.2) is 5.60 Å². The molecule has 1 aromatic carbocycles. The van der Waals surface area contributed by atoms with Crippen LogP contribution in [0.1, 0.15) is 37.7 Å². The van der Waals surface area contributed by atoms with E-state index in [-0.39, 0.29) is 11.8 Å². The van der Waals surface area contributed by atoms with Crippen molar-refractivity contribution in [3.8, 4) is 0 Å². The second kappa shape index (κ2) is 7.24. The predicted octanol–water partition coefficient (Wildman–Crippen LogP) is 2.47. The minimum atomic E-state index is -1.38. The molecule has 1 aliphatic carbocycles. The third-order valence-electron chi connectivity index (χ3n) is 5.85. The molecular formula is C20H30N2O2. The number of carbonyl (C=O) groups is 1. The van der Waals surface area contributed by atoms with Gasteiger partial charge < -0.3 is 14.9 Å². The Morgan fingerprint density at radius 1 is 1.25 bits per heavy atom. The number of hydrogen-bond acceptors (Lipinski definition) is 3. The van der Waals surface area contributed by atoms with Crippen LogP contribution in [0.25, 0.3) is 0 Å². The van der Waals surface area contributed by atoms with E-state index < -0.39 is 5.60 Å². The molecule has 1 aromatic rings. The molecule has 4 heteroatoms. The Morgan fingerprint density at radius 2 is 1.92 bits per heavy atom. The number of amides is 1. The summed E-state index contributed by atoms with van der Waals surface area (Å²) >= 11 is 0. The molecular weight excluding hydrogens is 300 g/mol. The van der Waals surface area contributed by atoms with E-state index in [1.807, 2.05) is 37.4 Å². The van der Waals surface area contributed by atoms with Crippen molar-refractivity contribution in [1.82, 2.24) is 9.80 Å². The average molecular weight is 330 g/mol. The van der Waals surface area contributed by atoms with Crippen LogP contribution in [0.5, 0.6) is 0 Å². The minimum absolute atomic E-state index is 0.0288. The number of nitrogens with zero attached hydrogens (tertiary/aromatic N) is 2. The summed E-state index contributed by atoms with van der Waals surface area (Å²) in [5.41, 5.74) is -0.630. The summed E-state index contributed by atoms with van der Waals surface area (Å²) in [5.74, 6) is 0.406. The summed E-state index contributed by atoms with van der Waals surface area (Å²) in [5, 5.41) is 11.5. The molecule has 0 radical (unpaired) electrons. The van der Waals surface area contributed by atoms with Gasteiger partial charge in [-0.25, -0.2) is 0 Å². The van der Waals surface area contributed by atoms with Crippen LogP contribution in [0.15, 0.2) is 30.3 Å². The molecule has 2 atom stereocenters. The second-order valence-corrected chi connectivity index (χ2v) is 7.72. The highest BCUT2D eigenvalue weighted by Crippen LogP contribution is 2.41. The van der Waals surface area contributed by atoms with Crippen molar-refractivity contribution in [3.63, 3.8) is 0 Å². The van der Waals surface area contributed by atoms with Crippen molar-refractivity contribution in [3.05, 3.63) is 35.9 Å². The van der Waals surface area contributed by atoms with Gasteiger partial charge in [-0.05, 0) is 44.3 Å². The zero-order chi connectivity index (χ0) is 17.2. The van der Waals surface area contributed by atoms with Crippen molar-refractivity contribution in [1.29, 1.82) is 0 Å². The maximum absolute atomic E-state index is 13.3. The van der Waals surface area contributed by atoms with E-state index in [9.17, 15) is 9.90 Å². The quantitative estimate of drug-likeness (QED) is 0.902. The SMILES string of the molecule is CN1CCC(CN(C)C(=O)C(O)(c2ccccc2)C2CCCC2)C1. The van der Waals surface area contributed by atoms with Crippen molar-refractivity contribution >= 4 is 5.91 Å². The molecule has 1 aliphatic heterocycles. The number of likely N-dealkylation sites (N-methyl/N-ethyl adjacent to an activating group) is 1. The average Bonchev–Trinajstić information content (AvgIpc) is 3.26. The van der Waals surface area contributed by atoms with Gasteiger partial charge in [0.2, 0.25) is 0 Å². The fourth-order valence-electron chi connectivity index (χ4n) is 4.51. The Kier molecular flexibility index (Phi) is 5.26. The number of benzene rings is 1. The topological polar surface area (TPSA) is 43.8 Å². The summed E-state index contributed by atoms with van der Waals surface area (Å²) < 4.78 is 0. The molecule has 3 rings (SSSR count). The molecule has 1 amide bonds. The van der Waals surface area contributed by atoms with Crippen LogP contribution in [0, 0.1) is 11.8 Å². The Labute approximate surface area is 145 Å². The number of hydrogen-bond donors (Lipinski definition) is 1. The molecule has 0 bridgehead atoms. The minimum Gasteiger partial charge on any atom is -0.375 e. The van der Waals surface area contributed by atoms with Crippen molar-refractivity contribution in [2.45, 2.75) is 37.7 Å². The van der Waals surface area contributed by atoms with Crippen LogP contribution >= 0.6 is 0 Å². The molecule has 2 aliphatic rings. The molecule has 1 heterocycles. The lowest BCUT2D eigenvalue weighted by molar-refractivity contribution is -0.158. The zero-order valence-electron chi connectivity index (χ0n) is 14.9. The monoisotopic (exact) mass is 330 g/mol. The van der Waals surface area contributed by atoms with E-state index in [2.05, 4.69) is 11.9 Å². The van der Waals surface area contributed by atoms with Crippen LogP contribution in [0.3, 0.4) is 0 Å². The molecule has 4 nitrogen and oxygen atoms in total. The number of rotatable bonds is 5. The number of aliphatic hydroxyl groups is 1. The van der Waals surface area contributed by atoms with Crippen molar-refractivity contribution < 1.29 is 9.90 Å². The third-order valence-corrected chi connectivity index (χ3v) is 5.85. The third kappa shape index (κ3) is 3.35. The van der Waals surface area contributed by atoms with Gasteiger partial charge in [-0.1, -0.05) is 43.2 Å². The number of carbonyl (C=O) groups excluding carboxylic acids is 1. The summed E-state index contributed by atoms with van der Waals surface area (Å²) in [4.78, 5) is 17.4. The standard InChI is InChI=1S/C20H30N2O2/c1-21-13-12-16(14-21)15-22(2)19(23)20(24,18-10-6-7-11-18)17-8-4-3-5-9-17/h3-5,8-9,16,18,24H,6-7,10-15H2,1-2H3. The van der Waals surface area contributed by atoms with Crippen LogP contribution in [0.2, 0.25) is 0 Å². The Morgan fingerprint density at radius 3 is 2.50 bits per heavy atom. The highest BCUT2D eigenvalue weighted by atomic mass is 16.3. The van der Waals surface area contributed by atoms with Gasteiger partial charge in [0, 0.05) is 26.1 Å². The molecule has 132 valence electrons. The fraction of sp³-hybridized carbons (Fsp3) is 0.650. The van der Waals surface area contributed by atoms with E-state index in [1.54, 1.807) is 4.90 Å². The van der Waals surface area contributed by atoms with Crippen molar-refractivity contribution in [2.75, 3.05) is 33.7 Å². The Balaban J connectivity index is 1.80. The molecule has 0 aromatic heterocycles. The van der Waals surface area contributed by atoms with Crippen LogP contribution in [-0.4, -0.2) is 54.5 Å². The fourth-order valence-corrected chi connectivity index (χ4v) is 4.51. The summed E-state index contributed by atoms with van der Waals surface area (Å²) in [6.45, 7) is 2.86. The lowest BCUT2D eigenvalue weighted by Crippen LogP contribution is -2.50. The van der Waals surface area contributed by atoms with Gasteiger partial charge in [0.05, 0.1) is 0 Å². The Hall–Kier alpha value is -1.39. The first-order valence-electron chi connectivity index (χ1n) is 9.24. The maximum atomic E-state index is 13.3. The van der Waals surface area contributed by atoms with Gasteiger partial charge in [-0.3, -0.25) is 4.79 Å². The largest absolute Gasteiger partial charge is 0.375 e. The summed E-state index contributed by atoms with van der Waals surface area (Å²) in [6, 6.07) is 9.55. The lowest BCUT2D eigenvalue weighted by Gasteiger charge is -2.37. The molecule has 2 fully saturated rings. The normalized spacial score (nSPS) is 24.9. The molecule has 1 saturated carbocycles. The first kappa shape index (κ1) is 17.4. The van der Waals surface area contributed by atoms with Crippen molar-refractivity contribution in [2.24, 2.45) is 11.8 Å². The van der Waals surface area contributed by atoms with Gasteiger partial charge in [0.1, 0.15) is 0 Å². The zero-order valence-corrected chi connectivity index (χ0v) is 14.9. The van der Waals surface area contributed by atoms with Crippen LogP contribution in [0.4, 0.5) is 0 Å². The summed E-state index contributed by atoms with van der Waals surface area (Å²) in [7, 11) is 3.98. The first-order chi connectivity index (χ1) is 11.5. The van der Waals surface area contributed by atoms with Gasteiger partial charge in [0.25, 0.3) is 5.91 Å². The molecule has 2 unspecified atom stereocenters. The first-order valence-corrected chi connectivity index (χ1v) is 9.24. The molecule has 0 spiro atoms. The Bertz CT molecular complexity index is 556. The van der Waals surface area contributed by atoms with Crippen LogP contribution in [-0.2, 0) is 10.4 Å². The van der Waals surface area contributed by atoms with E-state index in [0.717, 1.165) is 57.3 Å². The smallest absolute Gasteiger partial charge is 0.259 e. The molecule has 1 N–H and O–H groups in total. The van der Waals surface area contributed by atoms with Gasteiger partial charge in [-0.2, -0.15) is 0 Å². The van der Waals surface area contributed by atoms with Gasteiger partial charge >= 0.3 is 0 Å². The number of likely N-dealkylation sites (tertiary alicyclic amines) is 1. The van der Waals surface area contributed by atoms with Crippen LogP contribution < -0.4 is 0 Å². The van der Waals surface area contributed by atoms with E-state index >= 15 is 0 Å².